The standard InChI is InChI=1S/C9H14N2O3/c12-7(8(13)14)11-4-2-9(6-11)1-3-10-5-9/h10H,1-6H2,(H,13,14). The van der Waals surface area contributed by atoms with Gasteiger partial charge < -0.3 is 15.3 Å². The molecule has 2 fully saturated rings. The highest BCUT2D eigenvalue weighted by molar-refractivity contribution is 6.31. The maximum absolute atomic E-state index is 11.2. The summed E-state index contributed by atoms with van der Waals surface area (Å²) in [6.07, 6.45) is 1.98. The van der Waals surface area contributed by atoms with E-state index in [1.165, 1.54) is 4.90 Å². The first kappa shape index (κ1) is 9.45. The number of rotatable bonds is 0. The van der Waals surface area contributed by atoms with Crippen molar-refractivity contribution in [2.24, 2.45) is 5.41 Å². The van der Waals surface area contributed by atoms with E-state index in [0.29, 0.717) is 13.1 Å². The molecule has 78 valence electrons. The maximum atomic E-state index is 11.2. The quantitative estimate of drug-likeness (QED) is 0.504. The van der Waals surface area contributed by atoms with Crippen LogP contribution in [0.5, 0.6) is 0 Å². The van der Waals surface area contributed by atoms with E-state index in [2.05, 4.69) is 5.32 Å². The Morgan fingerprint density at radius 3 is 2.71 bits per heavy atom. The van der Waals surface area contributed by atoms with Gasteiger partial charge in [-0.1, -0.05) is 0 Å². The van der Waals surface area contributed by atoms with Gasteiger partial charge in [0.15, 0.2) is 0 Å². The number of hydrogen-bond donors (Lipinski definition) is 2. The first-order valence-electron chi connectivity index (χ1n) is 4.86. The highest BCUT2D eigenvalue weighted by Crippen LogP contribution is 2.35. The number of likely N-dealkylation sites (tertiary alicyclic amines) is 1. The summed E-state index contributed by atoms with van der Waals surface area (Å²) in [5.74, 6) is -2.10. The normalized spacial score (nSPS) is 31.3. The lowest BCUT2D eigenvalue weighted by Gasteiger charge is -2.21. The second kappa shape index (κ2) is 3.24. The monoisotopic (exact) mass is 198 g/mol. The number of carboxylic acid groups (broad SMARTS) is 1. The Kier molecular flexibility index (Phi) is 2.19. The first-order valence-corrected chi connectivity index (χ1v) is 4.86. The highest BCUT2D eigenvalue weighted by Gasteiger charge is 2.42. The Morgan fingerprint density at radius 2 is 2.14 bits per heavy atom. The predicted octanol–water partition coefficient (Wildman–Crippen LogP) is -0.717. The molecule has 14 heavy (non-hydrogen) atoms. The summed E-state index contributed by atoms with van der Waals surface area (Å²) < 4.78 is 0. The Labute approximate surface area is 82.1 Å². The van der Waals surface area contributed by atoms with E-state index in [9.17, 15) is 9.59 Å². The molecule has 2 N–H and O–H groups in total. The van der Waals surface area contributed by atoms with Gasteiger partial charge in [-0.15, -0.1) is 0 Å². The zero-order chi connectivity index (χ0) is 10.2. The van der Waals surface area contributed by atoms with Crippen LogP contribution >= 0.6 is 0 Å². The van der Waals surface area contributed by atoms with Crippen LogP contribution in [-0.2, 0) is 9.59 Å². The zero-order valence-corrected chi connectivity index (χ0v) is 7.95. The average molecular weight is 198 g/mol. The van der Waals surface area contributed by atoms with Gasteiger partial charge >= 0.3 is 11.9 Å². The number of nitrogens with zero attached hydrogens (tertiary/aromatic N) is 1. The first-order chi connectivity index (χ1) is 6.63. The third kappa shape index (κ3) is 1.48. The second-order valence-electron chi connectivity index (χ2n) is 4.21. The number of carboxylic acids is 1. The van der Waals surface area contributed by atoms with E-state index in [1.807, 2.05) is 0 Å². The number of amides is 1. The van der Waals surface area contributed by atoms with Crippen LogP contribution in [0.2, 0.25) is 0 Å². The Bertz CT molecular complexity index is 271. The van der Waals surface area contributed by atoms with E-state index in [1.54, 1.807) is 0 Å². The van der Waals surface area contributed by atoms with Crippen LogP contribution < -0.4 is 5.32 Å². The number of nitrogens with one attached hydrogen (secondary N) is 1. The van der Waals surface area contributed by atoms with Crippen molar-refractivity contribution >= 4 is 11.9 Å². The summed E-state index contributed by atoms with van der Waals surface area (Å²) in [6.45, 7) is 3.09. The topological polar surface area (TPSA) is 69.6 Å². The summed E-state index contributed by atoms with van der Waals surface area (Å²) in [4.78, 5) is 23.1. The van der Waals surface area contributed by atoms with Gasteiger partial charge in [0.25, 0.3) is 0 Å². The molecule has 1 atom stereocenters. The average Bonchev–Trinajstić information content (AvgIpc) is 2.76. The number of carbonyl (C=O) groups excluding carboxylic acids is 1. The van der Waals surface area contributed by atoms with Gasteiger partial charge in [0.1, 0.15) is 0 Å². The molecule has 5 nitrogen and oxygen atoms in total. The van der Waals surface area contributed by atoms with Gasteiger partial charge in [-0.25, -0.2) is 4.79 Å². The van der Waals surface area contributed by atoms with Gasteiger partial charge in [0.05, 0.1) is 0 Å². The van der Waals surface area contributed by atoms with Crippen LogP contribution in [0.1, 0.15) is 12.8 Å². The molecular weight excluding hydrogens is 184 g/mol. The Morgan fingerprint density at radius 1 is 1.36 bits per heavy atom. The summed E-state index contributed by atoms with van der Waals surface area (Å²) in [5, 5.41) is 11.8. The molecule has 1 amide bonds. The maximum Gasteiger partial charge on any atom is 0.394 e. The SMILES string of the molecule is O=C(O)C(=O)N1CCC2(CCNC2)C1. The van der Waals surface area contributed by atoms with Crippen molar-refractivity contribution in [1.29, 1.82) is 0 Å². The molecular formula is C9H14N2O3. The van der Waals surface area contributed by atoms with Gasteiger partial charge in [0.2, 0.25) is 0 Å². The van der Waals surface area contributed by atoms with Crippen molar-refractivity contribution < 1.29 is 14.7 Å². The molecule has 0 aromatic carbocycles. The third-order valence-corrected chi connectivity index (χ3v) is 3.24. The van der Waals surface area contributed by atoms with Gasteiger partial charge in [-0.05, 0) is 19.4 Å². The lowest BCUT2D eigenvalue weighted by molar-refractivity contribution is -0.155. The molecule has 0 bridgehead atoms. The van der Waals surface area contributed by atoms with Crippen molar-refractivity contribution in [3.05, 3.63) is 0 Å². The molecule has 1 unspecified atom stereocenters. The number of carbonyl (C=O) groups is 2. The van der Waals surface area contributed by atoms with Crippen molar-refractivity contribution in [3.63, 3.8) is 0 Å². The van der Waals surface area contributed by atoms with Crippen LogP contribution in [0.3, 0.4) is 0 Å². The van der Waals surface area contributed by atoms with Crippen LogP contribution in [0.15, 0.2) is 0 Å². The minimum atomic E-state index is -1.34. The Hall–Kier alpha value is -1.10. The number of aliphatic carboxylic acids is 1. The minimum absolute atomic E-state index is 0.158. The molecule has 1 spiro atoms. The molecule has 0 aromatic heterocycles. The molecule has 2 saturated heterocycles. The molecule has 0 radical (unpaired) electrons. The van der Waals surface area contributed by atoms with Crippen molar-refractivity contribution in [1.82, 2.24) is 10.2 Å². The van der Waals surface area contributed by atoms with Crippen LogP contribution in [-0.4, -0.2) is 48.1 Å². The van der Waals surface area contributed by atoms with Gasteiger partial charge in [-0.3, -0.25) is 4.79 Å². The van der Waals surface area contributed by atoms with E-state index >= 15 is 0 Å². The summed E-state index contributed by atoms with van der Waals surface area (Å²) in [7, 11) is 0. The fraction of sp³-hybridized carbons (Fsp3) is 0.778. The summed E-state index contributed by atoms with van der Waals surface area (Å²) in [5.41, 5.74) is 0.158. The molecule has 0 aromatic rings. The van der Waals surface area contributed by atoms with Crippen LogP contribution in [0, 0.1) is 5.41 Å². The summed E-state index contributed by atoms with van der Waals surface area (Å²) in [6, 6.07) is 0. The lowest BCUT2D eigenvalue weighted by atomic mass is 9.87. The largest absolute Gasteiger partial charge is 0.474 e. The predicted molar refractivity (Wildman–Crippen MR) is 48.8 cm³/mol. The second-order valence-corrected chi connectivity index (χ2v) is 4.21. The van der Waals surface area contributed by atoms with Crippen LogP contribution in [0.4, 0.5) is 0 Å². The van der Waals surface area contributed by atoms with Gasteiger partial charge in [-0.2, -0.15) is 0 Å². The summed E-state index contributed by atoms with van der Waals surface area (Å²) >= 11 is 0. The zero-order valence-electron chi connectivity index (χ0n) is 7.95. The van der Waals surface area contributed by atoms with E-state index in [4.69, 9.17) is 5.11 Å². The smallest absolute Gasteiger partial charge is 0.394 e. The molecule has 0 saturated carbocycles. The molecule has 2 heterocycles. The van der Waals surface area contributed by atoms with E-state index < -0.39 is 11.9 Å². The number of hydrogen-bond acceptors (Lipinski definition) is 3. The molecule has 2 rings (SSSR count). The fourth-order valence-corrected chi connectivity index (χ4v) is 2.39. The molecule has 2 aliphatic heterocycles. The van der Waals surface area contributed by atoms with Crippen molar-refractivity contribution in [3.8, 4) is 0 Å². The Balaban J connectivity index is 2.00. The molecule has 2 aliphatic rings. The highest BCUT2D eigenvalue weighted by atomic mass is 16.4. The molecule has 0 aliphatic carbocycles. The van der Waals surface area contributed by atoms with Gasteiger partial charge in [0, 0.05) is 25.0 Å². The minimum Gasteiger partial charge on any atom is -0.474 e. The van der Waals surface area contributed by atoms with E-state index in [-0.39, 0.29) is 5.41 Å². The fourth-order valence-electron chi connectivity index (χ4n) is 2.39. The van der Waals surface area contributed by atoms with Crippen molar-refractivity contribution in [2.45, 2.75) is 12.8 Å². The third-order valence-electron chi connectivity index (χ3n) is 3.24. The lowest BCUT2D eigenvalue weighted by Crippen LogP contribution is -2.37. The van der Waals surface area contributed by atoms with Crippen LogP contribution in [0.25, 0.3) is 0 Å². The van der Waals surface area contributed by atoms with E-state index in [0.717, 1.165) is 25.9 Å². The van der Waals surface area contributed by atoms with Crippen molar-refractivity contribution in [2.75, 3.05) is 26.2 Å². The molecule has 5 heteroatoms.